The smallest absolute Gasteiger partial charge is 0.260 e. The topological polar surface area (TPSA) is 32.8 Å². The molecule has 4 nitrogen and oxygen atoms in total. The fraction of sp³-hybridized carbons (Fsp3) is 0.435. The van der Waals surface area contributed by atoms with Gasteiger partial charge in [0, 0.05) is 31.7 Å². The van der Waals surface area contributed by atoms with E-state index in [0.29, 0.717) is 5.92 Å². The van der Waals surface area contributed by atoms with Crippen molar-refractivity contribution in [1.29, 1.82) is 0 Å². The maximum absolute atomic E-state index is 12.4. The van der Waals surface area contributed by atoms with E-state index in [4.69, 9.17) is 16.3 Å². The average Bonchev–Trinajstić information content (AvgIpc) is 2.72. The van der Waals surface area contributed by atoms with Gasteiger partial charge in [-0.1, -0.05) is 41.9 Å². The fourth-order valence-corrected chi connectivity index (χ4v) is 3.83. The Hall–Kier alpha value is -2.04. The maximum atomic E-state index is 12.4. The van der Waals surface area contributed by atoms with Crippen molar-refractivity contribution in [2.24, 2.45) is 5.92 Å². The Morgan fingerprint density at radius 2 is 1.93 bits per heavy atom. The molecule has 1 saturated heterocycles. The van der Waals surface area contributed by atoms with Gasteiger partial charge in [0.05, 0.1) is 0 Å². The van der Waals surface area contributed by atoms with Gasteiger partial charge in [0.2, 0.25) is 0 Å². The minimum Gasteiger partial charge on any atom is -0.484 e. The highest BCUT2D eigenvalue weighted by atomic mass is 35.5. The summed E-state index contributed by atoms with van der Waals surface area (Å²) in [5, 5.41) is 0.783. The highest BCUT2D eigenvalue weighted by Gasteiger charge is 2.22. The second-order valence-electron chi connectivity index (χ2n) is 7.56. The molecule has 1 amide bonds. The number of piperidine rings is 1. The highest BCUT2D eigenvalue weighted by molar-refractivity contribution is 6.30. The second kappa shape index (κ2) is 10.5. The molecule has 28 heavy (non-hydrogen) atoms. The van der Waals surface area contributed by atoms with Crippen LogP contribution in [0.5, 0.6) is 5.75 Å². The van der Waals surface area contributed by atoms with Crippen LogP contribution in [-0.4, -0.2) is 55.5 Å². The molecule has 1 aliphatic heterocycles. The van der Waals surface area contributed by atoms with E-state index < -0.39 is 0 Å². The summed E-state index contributed by atoms with van der Waals surface area (Å²) in [7, 11) is 1.88. The molecule has 0 N–H and O–H groups in total. The second-order valence-corrected chi connectivity index (χ2v) is 8.00. The van der Waals surface area contributed by atoms with Crippen LogP contribution in [0.2, 0.25) is 5.02 Å². The zero-order valence-electron chi connectivity index (χ0n) is 16.5. The largest absolute Gasteiger partial charge is 0.484 e. The normalized spacial score (nSPS) is 17.3. The molecule has 0 saturated carbocycles. The van der Waals surface area contributed by atoms with Crippen LogP contribution in [0.15, 0.2) is 54.6 Å². The molecule has 150 valence electrons. The number of para-hydroxylation sites is 1. The predicted octanol–water partition coefficient (Wildman–Crippen LogP) is 4.13. The number of halogens is 1. The van der Waals surface area contributed by atoms with Gasteiger partial charge in [-0.05, 0) is 61.6 Å². The van der Waals surface area contributed by atoms with Gasteiger partial charge < -0.3 is 14.5 Å². The molecular formula is C23H29ClN2O2. The van der Waals surface area contributed by atoms with Crippen LogP contribution in [-0.2, 0) is 11.2 Å². The summed E-state index contributed by atoms with van der Waals surface area (Å²) in [6.45, 7) is 4.11. The van der Waals surface area contributed by atoms with Gasteiger partial charge in [0.1, 0.15) is 5.75 Å². The molecule has 0 spiro atoms. The Kier molecular flexibility index (Phi) is 7.75. The van der Waals surface area contributed by atoms with E-state index in [9.17, 15) is 4.79 Å². The Labute approximate surface area is 173 Å². The lowest BCUT2D eigenvalue weighted by Gasteiger charge is -2.34. The molecule has 1 atom stereocenters. The zero-order valence-corrected chi connectivity index (χ0v) is 17.3. The van der Waals surface area contributed by atoms with Crippen LogP contribution in [0.1, 0.15) is 18.4 Å². The molecule has 1 heterocycles. The first-order valence-corrected chi connectivity index (χ1v) is 10.4. The summed E-state index contributed by atoms with van der Waals surface area (Å²) in [6, 6.07) is 17.6. The van der Waals surface area contributed by atoms with Gasteiger partial charge in [0.15, 0.2) is 6.61 Å². The summed E-state index contributed by atoms with van der Waals surface area (Å²) in [5.41, 5.74) is 1.32. The minimum absolute atomic E-state index is 0.0298. The lowest BCUT2D eigenvalue weighted by atomic mass is 9.97. The van der Waals surface area contributed by atoms with E-state index in [1.54, 1.807) is 0 Å². The van der Waals surface area contributed by atoms with E-state index in [1.165, 1.54) is 18.4 Å². The number of benzene rings is 2. The number of carbonyl (C=O) groups is 1. The van der Waals surface area contributed by atoms with Gasteiger partial charge in [-0.2, -0.15) is 0 Å². The maximum Gasteiger partial charge on any atom is 0.260 e. The van der Waals surface area contributed by atoms with Crippen molar-refractivity contribution in [3.8, 4) is 5.75 Å². The monoisotopic (exact) mass is 400 g/mol. The quantitative estimate of drug-likeness (QED) is 0.667. The number of likely N-dealkylation sites (N-methyl/N-ethyl adjacent to an activating group) is 1. The lowest BCUT2D eigenvalue weighted by molar-refractivity contribution is -0.132. The van der Waals surface area contributed by atoms with Gasteiger partial charge in [0.25, 0.3) is 5.91 Å². The lowest BCUT2D eigenvalue weighted by Crippen LogP contribution is -2.43. The number of hydrogen-bond donors (Lipinski definition) is 0. The van der Waals surface area contributed by atoms with Crippen LogP contribution in [0.3, 0.4) is 0 Å². The highest BCUT2D eigenvalue weighted by Crippen LogP contribution is 2.18. The molecule has 1 fully saturated rings. The third-order valence-electron chi connectivity index (χ3n) is 5.30. The molecule has 1 aliphatic rings. The van der Waals surface area contributed by atoms with E-state index in [2.05, 4.69) is 17.0 Å². The third kappa shape index (κ3) is 6.54. The summed E-state index contributed by atoms with van der Waals surface area (Å²) in [4.78, 5) is 16.7. The number of likely N-dealkylation sites (tertiary alicyclic amines) is 1. The number of carbonyl (C=O) groups excluding carboxylic acids is 1. The molecule has 1 unspecified atom stereocenters. The van der Waals surface area contributed by atoms with Crippen molar-refractivity contribution < 1.29 is 9.53 Å². The Bertz CT molecular complexity index is 736. The van der Waals surface area contributed by atoms with Crippen molar-refractivity contribution >= 4 is 17.5 Å². The van der Waals surface area contributed by atoms with Gasteiger partial charge in [-0.3, -0.25) is 4.79 Å². The summed E-state index contributed by atoms with van der Waals surface area (Å²) >= 11 is 5.96. The number of ether oxygens (including phenoxy) is 1. The Morgan fingerprint density at radius 1 is 1.18 bits per heavy atom. The first kappa shape index (κ1) is 20.7. The summed E-state index contributed by atoms with van der Waals surface area (Å²) < 4.78 is 5.58. The fourth-order valence-electron chi connectivity index (χ4n) is 3.70. The molecule has 0 radical (unpaired) electrons. The predicted molar refractivity (Wildman–Crippen MR) is 114 cm³/mol. The first-order chi connectivity index (χ1) is 13.6. The Balaban J connectivity index is 1.40. The molecule has 0 aromatic heterocycles. The van der Waals surface area contributed by atoms with Gasteiger partial charge in [-0.25, -0.2) is 0 Å². The molecule has 2 aromatic rings. The van der Waals surface area contributed by atoms with Crippen molar-refractivity contribution in [3.05, 3.63) is 65.2 Å². The van der Waals surface area contributed by atoms with E-state index in [-0.39, 0.29) is 12.5 Å². The summed E-state index contributed by atoms with van der Waals surface area (Å²) in [6.07, 6.45) is 3.39. The minimum atomic E-state index is 0.0298. The molecular weight excluding hydrogens is 372 g/mol. The SMILES string of the molecule is CN(CC1CCCN(CCc2ccc(Cl)cc2)C1)C(=O)COc1ccccc1. The van der Waals surface area contributed by atoms with Crippen LogP contribution < -0.4 is 4.74 Å². The zero-order chi connectivity index (χ0) is 19.8. The standard InChI is InChI=1S/C23H29ClN2O2/c1-25(23(27)18-28-22-7-3-2-4-8-22)16-20-6-5-14-26(17-20)15-13-19-9-11-21(24)12-10-19/h2-4,7-12,20H,5-6,13-18H2,1H3. The number of rotatable bonds is 8. The van der Waals surface area contributed by atoms with Crippen LogP contribution in [0.4, 0.5) is 0 Å². The average molecular weight is 401 g/mol. The Morgan fingerprint density at radius 3 is 2.68 bits per heavy atom. The van der Waals surface area contributed by atoms with E-state index in [1.807, 2.05) is 54.4 Å². The van der Waals surface area contributed by atoms with Gasteiger partial charge in [-0.15, -0.1) is 0 Å². The van der Waals surface area contributed by atoms with Crippen molar-refractivity contribution in [2.45, 2.75) is 19.3 Å². The van der Waals surface area contributed by atoms with E-state index in [0.717, 1.165) is 43.4 Å². The molecule has 0 bridgehead atoms. The first-order valence-electron chi connectivity index (χ1n) is 9.99. The van der Waals surface area contributed by atoms with Crippen molar-refractivity contribution in [2.75, 3.05) is 39.8 Å². The van der Waals surface area contributed by atoms with Crippen molar-refractivity contribution in [3.63, 3.8) is 0 Å². The van der Waals surface area contributed by atoms with Crippen LogP contribution in [0, 0.1) is 5.92 Å². The molecule has 5 heteroatoms. The van der Waals surface area contributed by atoms with Gasteiger partial charge >= 0.3 is 0 Å². The number of hydrogen-bond acceptors (Lipinski definition) is 3. The third-order valence-corrected chi connectivity index (χ3v) is 5.55. The number of amides is 1. The van der Waals surface area contributed by atoms with E-state index >= 15 is 0 Å². The molecule has 3 rings (SSSR count). The van der Waals surface area contributed by atoms with Crippen LogP contribution >= 0.6 is 11.6 Å². The van der Waals surface area contributed by atoms with Crippen LogP contribution in [0.25, 0.3) is 0 Å². The molecule has 2 aromatic carbocycles. The summed E-state index contributed by atoms with van der Waals surface area (Å²) in [5.74, 6) is 1.28. The van der Waals surface area contributed by atoms with Crippen molar-refractivity contribution in [1.82, 2.24) is 9.80 Å². The molecule has 0 aliphatic carbocycles. The number of nitrogens with zero attached hydrogens (tertiary/aromatic N) is 2.